The quantitative estimate of drug-likeness (QED) is 0.918. The molecule has 1 atom stereocenters. The number of rotatable bonds is 2. The van der Waals surface area contributed by atoms with E-state index in [1.54, 1.807) is 6.20 Å². The highest BCUT2D eigenvalue weighted by molar-refractivity contribution is 9.10. The van der Waals surface area contributed by atoms with Crippen molar-refractivity contribution in [2.75, 3.05) is 0 Å². The normalized spacial score (nSPS) is 12.4. The molecule has 2 rings (SSSR count). The molecule has 0 aliphatic carbocycles. The molecule has 2 N–H and O–H groups in total. The van der Waals surface area contributed by atoms with E-state index in [-0.39, 0.29) is 6.04 Å². The van der Waals surface area contributed by atoms with Gasteiger partial charge < -0.3 is 5.73 Å². The maximum absolute atomic E-state index is 5.79. The summed E-state index contributed by atoms with van der Waals surface area (Å²) in [7, 11) is 0. The van der Waals surface area contributed by atoms with Gasteiger partial charge in [0.1, 0.15) is 0 Å². The van der Waals surface area contributed by atoms with Gasteiger partial charge in [0.2, 0.25) is 0 Å². The van der Waals surface area contributed by atoms with E-state index in [0.717, 1.165) is 15.7 Å². The molecule has 1 aromatic carbocycles. The topological polar surface area (TPSA) is 51.8 Å². The first-order valence-corrected chi connectivity index (χ1v) is 5.80. The van der Waals surface area contributed by atoms with Gasteiger partial charge in [-0.15, -0.1) is 0 Å². The molecule has 0 unspecified atom stereocenters. The number of hydrogen-bond donors (Lipinski definition) is 1. The highest BCUT2D eigenvalue weighted by atomic mass is 79.9. The number of nitrogens with two attached hydrogens (primary N) is 1. The average molecular weight is 278 g/mol. The second-order valence-electron chi connectivity index (χ2n) is 3.60. The van der Waals surface area contributed by atoms with E-state index in [1.807, 2.05) is 37.3 Å². The molecule has 0 amide bonds. The molecule has 0 aliphatic rings. The molecule has 4 heteroatoms. The predicted molar refractivity (Wildman–Crippen MR) is 67.8 cm³/mol. The summed E-state index contributed by atoms with van der Waals surface area (Å²) in [5, 5.41) is 0. The first-order chi connectivity index (χ1) is 7.66. The molecule has 0 aliphatic heterocycles. The second-order valence-corrected chi connectivity index (χ2v) is 4.52. The van der Waals surface area contributed by atoms with Crippen LogP contribution in [0.15, 0.2) is 41.0 Å². The number of nitrogens with zero attached hydrogens (tertiary/aromatic N) is 2. The number of hydrogen-bond acceptors (Lipinski definition) is 3. The summed E-state index contributed by atoms with van der Waals surface area (Å²) in [6.45, 7) is 1.91. The molecule has 82 valence electrons. The molecule has 0 fully saturated rings. The Balaban J connectivity index is 2.40. The third-order valence-corrected chi connectivity index (χ3v) is 2.77. The van der Waals surface area contributed by atoms with Crippen LogP contribution in [0.3, 0.4) is 0 Å². The van der Waals surface area contributed by atoms with Gasteiger partial charge in [-0.25, -0.2) is 9.97 Å². The molecule has 0 radical (unpaired) electrons. The van der Waals surface area contributed by atoms with Crippen LogP contribution in [0.5, 0.6) is 0 Å². The van der Waals surface area contributed by atoms with Crippen molar-refractivity contribution in [1.82, 2.24) is 9.97 Å². The van der Waals surface area contributed by atoms with Gasteiger partial charge in [0.15, 0.2) is 5.82 Å². The van der Waals surface area contributed by atoms with Crippen LogP contribution in [-0.4, -0.2) is 9.97 Å². The van der Waals surface area contributed by atoms with Gasteiger partial charge in [0.25, 0.3) is 0 Å². The smallest absolute Gasteiger partial charge is 0.159 e. The monoisotopic (exact) mass is 277 g/mol. The van der Waals surface area contributed by atoms with E-state index in [1.165, 1.54) is 0 Å². The summed E-state index contributed by atoms with van der Waals surface area (Å²) < 4.78 is 1.04. The summed E-state index contributed by atoms with van der Waals surface area (Å²) >= 11 is 3.39. The molecule has 1 heterocycles. The Labute approximate surface area is 103 Å². The minimum Gasteiger partial charge on any atom is -0.323 e. The number of benzene rings is 1. The minimum atomic E-state index is -0.0720. The summed E-state index contributed by atoms with van der Waals surface area (Å²) in [6, 6.07) is 9.66. The van der Waals surface area contributed by atoms with Gasteiger partial charge in [0, 0.05) is 22.3 Å². The van der Waals surface area contributed by atoms with Crippen molar-refractivity contribution in [3.63, 3.8) is 0 Å². The maximum Gasteiger partial charge on any atom is 0.159 e. The zero-order valence-corrected chi connectivity index (χ0v) is 10.5. The summed E-state index contributed by atoms with van der Waals surface area (Å²) in [5.41, 5.74) is 7.63. The zero-order chi connectivity index (χ0) is 11.5. The minimum absolute atomic E-state index is 0.0720. The van der Waals surface area contributed by atoms with Gasteiger partial charge in [0.05, 0.1) is 5.69 Å². The van der Waals surface area contributed by atoms with Crippen LogP contribution in [0.25, 0.3) is 11.4 Å². The summed E-state index contributed by atoms with van der Waals surface area (Å²) in [5.74, 6) is 0.710. The highest BCUT2D eigenvalue weighted by Gasteiger charge is 2.05. The average Bonchev–Trinajstić information content (AvgIpc) is 2.30. The molecule has 0 saturated heterocycles. The molecule has 1 aromatic heterocycles. The van der Waals surface area contributed by atoms with Crippen molar-refractivity contribution < 1.29 is 0 Å². The van der Waals surface area contributed by atoms with E-state index in [0.29, 0.717) is 5.82 Å². The van der Waals surface area contributed by atoms with E-state index in [4.69, 9.17) is 5.73 Å². The third-order valence-electron chi connectivity index (χ3n) is 2.25. The van der Waals surface area contributed by atoms with Gasteiger partial charge in [-0.2, -0.15) is 0 Å². The molecular formula is C12H12BrN3. The van der Waals surface area contributed by atoms with E-state index in [2.05, 4.69) is 25.9 Å². The van der Waals surface area contributed by atoms with Gasteiger partial charge in [-0.1, -0.05) is 28.1 Å². The van der Waals surface area contributed by atoms with E-state index >= 15 is 0 Å². The number of halogens is 1. The lowest BCUT2D eigenvalue weighted by atomic mass is 10.2. The lowest BCUT2D eigenvalue weighted by Gasteiger charge is -2.06. The largest absolute Gasteiger partial charge is 0.323 e. The van der Waals surface area contributed by atoms with Crippen molar-refractivity contribution in [3.05, 3.63) is 46.7 Å². The van der Waals surface area contributed by atoms with Crippen molar-refractivity contribution in [1.29, 1.82) is 0 Å². The Morgan fingerprint density at radius 1 is 1.19 bits per heavy atom. The highest BCUT2D eigenvalue weighted by Crippen LogP contribution is 2.19. The van der Waals surface area contributed by atoms with Gasteiger partial charge >= 0.3 is 0 Å². The number of aromatic nitrogens is 2. The Kier molecular flexibility index (Phi) is 3.31. The van der Waals surface area contributed by atoms with Crippen LogP contribution in [0.1, 0.15) is 18.7 Å². The van der Waals surface area contributed by atoms with Crippen LogP contribution in [-0.2, 0) is 0 Å². The molecule has 0 bridgehead atoms. The molecule has 2 aromatic rings. The first kappa shape index (κ1) is 11.2. The lowest BCUT2D eigenvalue weighted by Crippen LogP contribution is -2.08. The molecule has 0 spiro atoms. The van der Waals surface area contributed by atoms with Gasteiger partial charge in [-0.05, 0) is 25.1 Å². The summed E-state index contributed by atoms with van der Waals surface area (Å²) in [4.78, 5) is 8.66. The Hall–Kier alpha value is -1.26. The Morgan fingerprint density at radius 2 is 1.88 bits per heavy atom. The Bertz CT molecular complexity index is 480. The zero-order valence-electron chi connectivity index (χ0n) is 8.89. The summed E-state index contributed by atoms with van der Waals surface area (Å²) in [6.07, 6.45) is 1.74. The standard InChI is InChI=1S/C12H12BrN3/c1-8(14)11-6-7-15-12(16-11)9-2-4-10(13)5-3-9/h2-8H,14H2,1H3/t8-/m0/s1. The van der Waals surface area contributed by atoms with Crippen molar-refractivity contribution in [2.45, 2.75) is 13.0 Å². The van der Waals surface area contributed by atoms with Crippen LogP contribution in [0.4, 0.5) is 0 Å². The van der Waals surface area contributed by atoms with Crippen molar-refractivity contribution in [3.8, 4) is 11.4 Å². The van der Waals surface area contributed by atoms with Crippen LogP contribution in [0.2, 0.25) is 0 Å². The fourth-order valence-electron chi connectivity index (χ4n) is 1.36. The van der Waals surface area contributed by atoms with E-state index in [9.17, 15) is 0 Å². The van der Waals surface area contributed by atoms with E-state index < -0.39 is 0 Å². The Morgan fingerprint density at radius 3 is 2.50 bits per heavy atom. The first-order valence-electron chi connectivity index (χ1n) is 5.01. The van der Waals surface area contributed by atoms with Crippen LogP contribution >= 0.6 is 15.9 Å². The maximum atomic E-state index is 5.79. The fourth-order valence-corrected chi connectivity index (χ4v) is 1.63. The van der Waals surface area contributed by atoms with Crippen molar-refractivity contribution >= 4 is 15.9 Å². The fraction of sp³-hybridized carbons (Fsp3) is 0.167. The van der Waals surface area contributed by atoms with Gasteiger partial charge in [-0.3, -0.25) is 0 Å². The van der Waals surface area contributed by atoms with Crippen LogP contribution < -0.4 is 5.73 Å². The predicted octanol–water partition coefficient (Wildman–Crippen LogP) is 2.93. The van der Waals surface area contributed by atoms with Crippen LogP contribution in [0, 0.1) is 0 Å². The SMILES string of the molecule is C[C@H](N)c1ccnc(-c2ccc(Br)cc2)n1. The second kappa shape index (κ2) is 4.72. The molecule has 16 heavy (non-hydrogen) atoms. The third kappa shape index (κ3) is 2.46. The molecule has 0 saturated carbocycles. The molecular weight excluding hydrogens is 266 g/mol. The molecule has 3 nitrogen and oxygen atoms in total. The van der Waals surface area contributed by atoms with Crippen molar-refractivity contribution in [2.24, 2.45) is 5.73 Å². The lowest BCUT2D eigenvalue weighted by molar-refractivity contribution is 0.776.